The zero-order chi connectivity index (χ0) is 14.8. The van der Waals surface area contributed by atoms with E-state index in [1.807, 2.05) is 28.8 Å². The van der Waals surface area contributed by atoms with Gasteiger partial charge in [-0.1, -0.05) is 6.07 Å². The number of hydrogen-bond donors (Lipinski definition) is 0. The maximum Gasteiger partial charge on any atom is 0.125 e. The summed E-state index contributed by atoms with van der Waals surface area (Å²) in [5.41, 5.74) is 2.44. The highest BCUT2D eigenvalue weighted by Gasteiger charge is 2.13. The summed E-state index contributed by atoms with van der Waals surface area (Å²) >= 11 is 5.86. The minimum Gasteiger partial charge on any atom is -0.497 e. The minimum atomic E-state index is -0.283. The average molecular weight is 305 g/mol. The molecule has 3 nitrogen and oxygen atoms in total. The van der Waals surface area contributed by atoms with Crippen LogP contribution in [0.4, 0.5) is 4.39 Å². The second-order valence-electron chi connectivity index (χ2n) is 4.64. The van der Waals surface area contributed by atoms with Gasteiger partial charge in [0.2, 0.25) is 0 Å². The van der Waals surface area contributed by atoms with Crippen LogP contribution < -0.4 is 4.74 Å². The second-order valence-corrected chi connectivity index (χ2v) is 5.01. The summed E-state index contributed by atoms with van der Waals surface area (Å²) in [6.45, 7) is 0. The summed E-state index contributed by atoms with van der Waals surface area (Å²) in [7, 11) is 1.61. The second kappa shape index (κ2) is 5.74. The Morgan fingerprint density at radius 1 is 1.24 bits per heavy atom. The number of rotatable bonds is 4. The molecule has 0 amide bonds. The molecule has 0 atom stereocenters. The number of fused-ring (bicyclic) bond motifs is 1. The zero-order valence-electron chi connectivity index (χ0n) is 11.5. The molecule has 0 N–H and O–H groups in total. The van der Waals surface area contributed by atoms with Crippen molar-refractivity contribution in [2.45, 2.75) is 6.42 Å². The van der Waals surface area contributed by atoms with Crippen molar-refractivity contribution < 1.29 is 9.13 Å². The summed E-state index contributed by atoms with van der Waals surface area (Å²) in [6, 6.07) is 12.1. The van der Waals surface area contributed by atoms with Gasteiger partial charge in [0.05, 0.1) is 23.8 Å². The number of nitrogens with zero attached hydrogens (tertiary/aromatic N) is 2. The lowest BCUT2D eigenvalue weighted by atomic mass is 10.2. The van der Waals surface area contributed by atoms with Crippen LogP contribution in [0.1, 0.15) is 5.82 Å². The van der Waals surface area contributed by atoms with Gasteiger partial charge in [0.15, 0.2) is 0 Å². The maximum atomic E-state index is 13.5. The fraction of sp³-hybridized carbons (Fsp3) is 0.188. The van der Waals surface area contributed by atoms with Gasteiger partial charge in [0.25, 0.3) is 0 Å². The molecule has 3 rings (SSSR count). The molecule has 21 heavy (non-hydrogen) atoms. The molecule has 2 aromatic carbocycles. The van der Waals surface area contributed by atoms with Crippen LogP contribution in [-0.2, 0) is 6.42 Å². The molecule has 1 heterocycles. The number of hydrogen-bond acceptors (Lipinski definition) is 2. The highest BCUT2D eigenvalue weighted by molar-refractivity contribution is 6.17. The third kappa shape index (κ3) is 2.59. The van der Waals surface area contributed by atoms with E-state index in [4.69, 9.17) is 16.3 Å². The molecule has 0 saturated heterocycles. The number of imidazole rings is 1. The van der Waals surface area contributed by atoms with Crippen molar-refractivity contribution in [1.82, 2.24) is 9.55 Å². The van der Waals surface area contributed by atoms with E-state index in [9.17, 15) is 4.39 Å². The third-order valence-corrected chi connectivity index (χ3v) is 3.50. The van der Waals surface area contributed by atoms with Crippen molar-refractivity contribution >= 4 is 22.6 Å². The lowest BCUT2D eigenvalue weighted by Crippen LogP contribution is -2.02. The summed E-state index contributed by atoms with van der Waals surface area (Å²) in [5, 5.41) is 0. The fourth-order valence-corrected chi connectivity index (χ4v) is 2.56. The van der Waals surface area contributed by atoms with Gasteiger partial charge in [-0.2, -0.15) is 0 Å². The number of ether oxygens (including phenoxy) is 1. The van der Waals surface area contributed by atoms with Gasteiger partial charge in [-0.3, -0.25) is 4.57 Å². The number of aromatic nitrogens is 2. The van der Waals surface area contributed by atoms with E-state index in [0.717, 1.165) is 28.3 Å². The van der Waals surface area contributed by atoms with Crippen LogP contribution in [0.3, 0.4) is 0 Å². The number of alkyl halides is 1. The average Bonchev–Trinajstić information content (AvgIpc) is 2.84. The van der Waals surface area contributed by atoms with Gasteiger partial charge in [0.1, 0.15) is 17.4 Å². The fourth-order valence-electron chi connectivity index (χ4n) is 2.39. The summed E-state index contributed by atoms with van der Waals surface area (Å²) in [5.74, 6) is 1.71. The molecule has 0 bridgehead atoms. The van der Waals surface area contributed by atoms with Crippen LogP contribution in [0.5, 0.6) is 5.75 Å². The van der Waals surface area contributed by atoms with Crippen molar-refractivity contribution in [3.05, 3.63) is 54.1 Å². The van der Waals surface area contributed by atoms with Gasteiger partial charge >= 0.3 is 0 Å². The Hall–Kier alpha value is -2.07. The van der Waals surface area contributed by atoms with Crippen molar-refractivity contribution in [1.29, 1.82) is 0 Å². The Kier molecular flexibility index (Phi) is 3.80. The topological polar surface area (TPSA) is 27.1 Å². The van der Waals surface area contributed by atoms with Crippen molar-refractivity contribution in [2.24, 2.45) is 0 Å². The van der Waals surface area contributed by atoms with Gasteiger partial charge in [-0.25, -0.2) is 9.37 Å². The van der Waals surface area contributed by atoms with E-state index in [2.05, 4.69) is 4.98 Å². The van der Waals surface area contributed by atoms with E-state index in [0.29, 0.717) is 12.3 Å². The molecular formula is C16H14ClFN2O. The molecule has 108 valence electrons. The van der Waals surface area contributed by atoms with Crippen LogP contribution >= 0.6 is 11.6 Å². The molecule has 0 spiro atoms. The van der Waals surface area contributed by atoms with E-state index in [1.54, 1.807) is 13.2 Å². The SMILES string of the molecule is COc1ccc2nc(CCCl)n(-c3cccc(F)c3)c2c1. The van der Waals surface area contributed by atoms with Gasteiger partial charge in [-0.05, 0) is 30.3 Å². The van der Waals surface area contributed by atoms with Crippen molar-refractivity contribution in [2.75, 3.05) is 13.0 Å². The third-order valence-electron chi connectivity index (χ3n) is 3.32. The molecule has 1 aromatic heterocycles. The van der Waals surface area contributed by atoms with Crippen LogP contribution in [0.2, 0.25) is 0 Å². The van der Waals surface area contributed by atoms with Crippen LogP contribution in [0.25, 0.3) is 16.7 Å². The first kappa shape index (κ1) is 13.9. The number of methoxy groups -OCH3 is 1. The predicted octanol–water partition coefficient (Wildman–Crippen LogP) is 3.95. The molecule has 0 fully saturated rings. The maximum absolute atomic E-state index is 13.5. The van der Waals surface area contributed by atoms with Gasteiger partial charge in [0, 0.05) is 18.4 Å². The normalized spacial score (nSPS) is 11.0. The van der Waals surface area contributed by atoms with Gasteiger partial charge < -0.3 is 4.74 Å². The number of benzene rings is 2. The Morgan fingerprint density at radius 3 is 2.81 bits per heavy atom. The van der Waals surface area contributed by atoms with Crippen molar-refractivity contribution in [3.8, 4) is 11.4 Å². The van der Waals surface area contributed by atoms with E-state index >= 15 is 0 Å². The molecule has 0 unspecified atom stereocenters. The molecule has 3 aromatic rings. The molecule has 0 radical (unpaired) electrons. The molecule has 0 aliphatic heterocycles. The summed E-state index contributed by atoms with van der Waals surface area (Å²) in [6.07, 6.45) is 0.606. The van der Waals surface area contributed by atoms with E-state index < -0.39 is 0 Å². The Morgan fingerprint density at radius 2 is 2.10 bits per heavy atom. The summed E-state index contributed by atoms with van der Waals surface area (Å²) in [4.78, 5) is 4.58. The summed E-state index contributed by atoms with van der Waals surface area (Å²) < 4.78 is 20.7. The van der Waals surface area contributed by atoms with Crippen molar-refractivity contribution in [3.63, 3.8) is 0 Å². The zero-order valence-corrected chi connectivity index (χ0v) is 12.3. The smallest absolute Gasteiger partial charge is 0.125 e. The van der Waals surface area contributed by atoms with Crippen LogP contribution in [0, 0.1) is 5.82 Å². The Bertz CT molecular complexity index is 785. The Labute approximate surface area is 126 Å². The quantitative estimate of drug-likeness (QED) is 0.682. The first-order chi connectivity index (χ1) is 10.2. The number of aryl methyl sites for hydroxylation is 1. The van der Waals surface area contributed by atoms with E-state index in [1.165, 1.54) is 12.1 Å². The van der Waals surface area contributed by atoms with E-state index in [-0.39, 0.29) is 5.82 Å². The van der Waals surface area contributed by atoms with Crippen LogP contribution in [0.15, 0.2) is 42.5 Å². The first-order valence-corrected chi connectivity index (χ1v) is 7.13. The molecule has 5 heteroatoms. The molecule has 0 aliphatic carbocycles. The lowest BCUT2D eigenvalue weighted by molar-refractivity contribution is 0.415. The first-order valence-electron chi connectivity index (χ1n) is 6.60. The highest BCUT2D eigenvalue weighted by atomic mass is 35.5. The molecule has 0 aliphatic rings. The Balaban J connectivity index is 2.28. The minimum absolute atomic E-state index is 0.283. The number of halogens is 2. The molecular weight excluding hydrogens is 291 g/mol. The standard InChI is InChI=1S/C16H14ClFN2O/c1-21-13-5-6-14-15(10-13)20(16(19-14)7-8-17)12-4-2-3-11(18)9-12/h2-6,9-10H,7-8H2,1H3. The monoisotopic (exact) mass is 304 g/mol. The largest absolute Gasteiger partial charge is 0.497 e. The lowest BCUT2D eigenvalue weighted by Gasteiger charge is -2.09. The molecule has 0 saturated carbocycles. The van der Waals surface area contributed by atoms with Gasteiger partial charge in [-0.15, -0.1) is 11.6 Å². The van der Waals surface area contributed by atoms with Crippen LogP contribution in [-0.4, -0.2) is 22.5 Å². The highest BCUT2D eigenvalue weighted by Crippen LogP contribution is 2.26. The predicted molar refractivity (Wildman–Crippen MR) is 82.0 cm³/mol.